The second kappa shape index (κ2) is 5.98. The molecule has 1 amide bonds. The highest BCUT2D eigenvalue weighted by molar-refractivity contribution is 5.80. The maximum absolute atomic E-state index is 11.4. The summed E-state index contributed by atoms with van der Waals surface area (Å²) >= 11 is 0. The van der Waals surface area contributed by atoms with Crippen LogP contribution in [0.3, 0.4) is 0 Å². The van der Waals surface area contributed by atoms with Crippen LogP contribution in [0.15, 0.2) is 0 Å². The van der Waals surface area contributed by atoms with Crippen molar-refractivity contribution in [2.24, 2.45) is 5.92 Å². The first-order valence-electron chi connectivity index (χ1n) is 5.25. The van der Waals surface area contributed by atoms with Crippen LogP contribution < -0.4 is 10.6 Å². The highest BCUT2D eigenvalue weighted by atomic mass is 16.5. The Balaban J connectivity index is 2.15. The number of ether oxygens (including phenoxy) is 1. The largest absolute Gasteiger partial charge is 0.372 e. The van der Waals surface area contributed by atoms with Crippen LogP contribution in [0.2, 0.25) is 0 Å². The predicted molar refractivity (Wildman–Crippen MR) is 55.1 cm³/mol. The van der Waals surface area contributed by atoms with Crippen molar-refractivity contribution >= 4 is 5.91 Å². The Hall–Kier alpha value is -0.610. The average molecular weight is 200 g/mol. The fourth-order valence-electron chi connectivity index (χ4n) is 1.59. The molecular weight excluding hydrogens is 180 g/mol. The lowest BCUT2D eigenvalue weighted by Crippen LogP contribution is -2.41. The summed E-state index contributed by atoms with van der Waals surface area (Å²) in [7, 11) is 1.55. The molecule has 1 aliphatic rings. The molecular formula is C10H20N2O2. The number of hydrogen-bond donors (Lipinski definition) is 2. The molecule has 0 saturated carbocycles. The lowest BCUT2D eigenvalue weighted by molar-refractivity contribution is -0.130. The van der Waals surface area contributed by atoms with Crippen LogP contribution in [0.5, 0.6) is 0 Å². The van der Waals surface area contributed by atoms with Crippen molar-refractivity contribution in [3.05, 3.63) is 0 Å². The second-order valence-corrected chi connectivity index (χ2v) is 3.84. The Labute approximate surface area is 85.4 Å². The maximum atomic E-state index is 11.4. The van der Waals surface area contributed by atoms with Crippen molar-refractivity contribution in [2.75, 3.05) is 26.7 Å². The van der Waals surface area contributed by atoms with E-state index < -0.39 is 0 Å². The van der Waals surface area contributed by atoms with E-state index in [4.69, 9.17) is 4.74 Å². The Kier molecular flexibility index (Phi) is 4.90. The summed E-state index contributed by atoms with van der Waals surface area (Å²) in [6.45, 7) is 4.65. The van der Waals surface area contributed by atoms with Crippen LogP contribution in [0.25, 0.3) is 0 Å². The first kappa shape index (κ1) is 11.5. The Bertz CT molecular complexity index is 179. The van der Waals surface area contributed by atoms with Gasteiger partial charge in [0.15, 0.2) is 0 Å². The van der Waals surface area contributed by atoms with E-state index in [1.54, 1.807) is 14.0 Å². The van der Waals surface area contributed by atoms with Crippen molar-refractivity contribution in [1.82, 2.24) is 10.6 Å². The molecule has 14 heavy (non-hydrogen) atoms. The van der Waals surface area contributed by atoms with Crippen LogP contribution in [-0.4, -0.2) is 38.8 Å². The third kappa shape index (κ3) is 3.64. The van der Waals surface area contributed by atoms with E-state index in [-0.39, 0.29) is 12.0 Å². The fraction of sp³-hybridized carbons (Fsp3) is 0.900. The molecule has 1 aliphatic heterocycles. The number of hydrogen-bond acceptors (Lipinski definition) is 3. The van der Waals surface area contributed by atoms with Gasteiger partial charge in [-0.15, -0.1) is 0 Å². The molecule has 0 aromatic carbocycles. The molecule has 0 aromatic heterocycles. The van der Waals surface area contributed by atoms with Gasteiger partial charge in [-0.05, 0) is 38.8 Å². The van der Waals surface area contributed by atoms with Crippen LogP contribution in [0, 0.1) is 5.92 Å². The summed E-state index contributed by atoms with van der Waals surface area (Å²) in [6, 6.07) is 0. The number of amides is 1. The Morgan fingerprint density at radius 1 is 1.71 bits per heavy atom. The first-order chi connectivity index (χ1) is 6.74. The standard InChI is InChI=1S/C10H20N2O2/c1-8(14-2)10(13)12-7-9-4-3-5-11-6-9/h8-9,11H,3-7H2,1-2H3,(H,12,13)/t8-,9+/m1/s1. The first-order valence-corrected chi connectivity index (χ1v) is 5.25. The van der Waals surface area contributed by atoms with E-state index in [0.717, 1.165) is 19.6 Å². The van der Waals surface area contributed by atoms with E-state index in [2.05, 4.69) is 10.6 Å². The molecule has 0 unspecified atom stereocenters. The molecule has 2 atom stereocenters. The summed E-state index contributed by atoms with van der Waals surface area (Å²) in [5.74, 6) is 0.565. The Morgan fingerprint density at radius 2 is 2.50 bits per heavy atom. The summed E-state index contributed by atoms with van der Waals surface area (Å²) in [6.07, 6.45) is 2.07. The zero-order chi connectivity index (χ0) is 10.4. The van der Waals surface area contributed by atoms with Crippen molar-refractivity contribution in [1.29, 1.82) is 0 Å². The zero-order valence-corrected chi connectivity index (χ0v) is 9.01. The van der Waals surface area contributed by atoms with Gasteiger partial charge < -0.3 is 15.4 Å². The number of methoxy groups -OCH3 is 1. The van der Waals surface area contributed by atoms with Gasteiger partial charge >= 0.3 is 0 Å². The number of rotatable bonds is 4. The zero-order valence-electron chi connectivity index (χ0n) is 9.01. The van der Waals surface area contributed by atoms with Gasteiger partial charge in [0.1, 0.15) is 6.10 Å². The van der Waals surface area contributed by atoms with E-state index in [9.17, 15) is 4.79 Å². The van der Waals surface area contributed by atoms with E-state index in [1.165, 1.54) is 12.8 Å². The smallest absolute Gasteiger partial charge is 0.248 e. The number of carbonyl (C=O) groups excluding carboxylic acids is 1. The summed E-state index contributed by atoms with van der Waals surface area (Å²) < 4.78 is 4.92. The summed E-state index contributed by atoms with van der Waals surface area (Å²) in [5.41, 5.74) is 0. The third-order valence-electron chi connectivity index (χ3n) is 2.69. The van der Waals surface area contributed by atoms with Crippen LogP contribution in [0.1, 0.15) is 19.8 Å². The second-order valence-electron chi connectivity index (χ2n) is 3.84. The van der Waals surface area contributed by atoms with Crippen LogP contribution >= 0.6 is 0 Å². The average Bonchev–Trinajstić information content (AvgIpc) is 2.26. The topological polar surface area (TPSA) is 50.4 Å². The normalized spacial score (nSPS) is 24.3. The number of nitrogens with one attached hydrogen (secondary N) is 2. The molecule has 4 nitrogen and oxygen atoms in total. The van der Waals surface area contributed by atoms with Crippen molar-refractivity contribution in [2.45, 2.75) is 25.9 Å². The number of carbonyl (C=O) groups is 1. The van der Waals surface area contributed by atoms with Gasteiger partial charge in [-0.3, -0.25) is 4.79 Å². The summed E-state index contributed by atoms with van der Waals surface area (Å²) in [4.78, 5) is 11.4. The van der Waals surface area contributed by atoms with Crippen LogP contribution in [-0.2, 0) is 9.53 Å². The minimum absolute atomic E-state index is 0.0157. The van der Waals surface area contributed by atoms with Gasteiger partial charge in [0.2, 0.25) is 5.91 Å². The van der Waals surface area contributed by atoms with Gasteiger partial charge in [0, 0.05) is 13.7 Å². The predicted octanol–water partition coefficient (Wildman–Crippen LogP) is 0.137. The molecule has 1 saturated heterocycles. The molecule has 2 N–H and O–H groups in total. The molecule has 1 rings (SSSR count). The highest BCUT2D eigenvalue weighted by Gasteiger charge is 2.16. The minimum atomic E-state index is -0.341. The molecule has 1 fully saturated rings. The van der Waals surface area contributed by atoms with Gasteiger partial charge in [-0.1, -0.05) is 0 Å². The third-order valence-corrected chi connectivity index (χ3v) is 2.69. The van der Waals surface area contributed by atoms with Gasteiger partial charge in [0.05, 0.1) is 0 Å². The molecule has 0 aromatic rings. The highest BCUT2D eigenvalue weighted by Crippen LogP contribution is 2.08. The molecule has 82 valence electrons. The molecule has 4 heteroatoms. The van der Waals surface area contributed by atoms with E-state index in [0.29, 0.717) is 5.92 Å². The SMILES string of the molecule is CO[C@H](C)C(=O)NC[C@H]1CCCNC1. The molecule has 0 bridgehead atoms. The van der Waals surface area contributed by atoms with Crippen molar-refractivity contribution < 1.29 is 9.53 Å². The molecule has 0 spiro atoms. The van der Waals surface area contributed by atoms with Gasteiger partial charge in [-0.25, -0.2) is 0 Å². The van der Waals surface area contributed by atoms with E-state index in [1.807, 2.05) is 0 Å². The molecule has 0 radical (unpaired) electrons. The summed E-state index contributed by atoms with van der Waals surface area (Å²) in [5, 5.41) is 6.22. The maximum Gasteiger partial charge on any atom is 0.248 e. The van der Waals surface area contributed by atoms with Gasteiger partial charge in [0.25, 0.3) is 0 Å². The lowest BCUT2D eigenvalue weighted by atomic mass is 10.00. The molecule has 1 heterocycles. The fourth-order valence-corrected chi connectivity index (χ4v) is 1.59. The van der Waals surface area contributed by atoms with Crippen molar-refractivity contribution in [3.63, 3.8) is 0 Å². The quantitative estimate of drug-likeness (QED) is 0.678. The minimum Gasteiger partial charge on any atom is -0.372 e. The monoisotopic (exact) mass is 200 g/mol. The van der Waals surface area contributed by atoms with Crippen molar-refractivity contribution in [3.8, 4) is 0 Å². The number of piperidine rings is 1. The van der Waals surface area contributed by atoms with E-state index >= 15 is 0 Å². The van der Waals surface area contributed by atoms with Crippen LogP contribution in [0.4, 0.5) is 0 Å². The Morgan fingerprint density at radius 3 is 3.07 bits per heavy atom. The van der Waals surface area contributed by atoms with Gasteiger partial charge in [-0.2, -0.15) is 0 Å². The molecule has 0 aliphatic carbocycles. The lowest BCUT2D eigenvalue weighted by Gasteiger charge is -2.23.